The van der Waals surface area contributed by atoms with Crippen LogP contribution < -0.4 is 5.32 Å². The van der Waals surface area contributed by atoms with Crippen molar-refractivity contribution in [2.75, 3.05) is 7.11 Å². The SMILES string of the molecule is COC(=O)C(C)(Cn1nc(C)nc1C)NC(C)C. The number of hydrogen-bond donors (Lipinski definition) is 1. The van der Waals surface area contributed by atoms with Gasteiger partial charge < -0.3 is 4.74 Å². The third-order valence-electron chi connectivity index (χ3n) is 2.67. The molecule has 0 radical (unpaired) electrons. The van der Waals surface area contributed by atoms with Gasteiger partial charge in [-0.25, -0.2) is 14.5 Å². The van der Waals surface area contributed by atoms with Crippen molar-refractivity contribution < 1.29 is 9.53 Å². The van der Waals surface area contributed by atoms with E-state index in [-0.39, 0.29) is 12.0 Å². The van der Waals surface area contributed by atoms with Crippen LogP contribution in [0.25, 0.3) is 0 Å². The molecule has 1 heterocycles. The molecule has 1 aromatic rings. The third kappa shape index (κ3) is 3.29. The molecular formula is C12H22N4O2. The summed E-state index contributed by atoms with van der Waals surface area (Å²) in [7, 11) is 1.39. The van der Waals surface area contributed by atoms with Crippen molar-refractivity contribution in [2.24, 2.45) is 0 Å². The van der Waals surface area contributed by atoms with Crippen LogP contribution in [0.1, 0.15) is 32.4 Å². The van der Waals surface area contributed by atoms with Gasteiger partial charge in [0, 0.05) is 6.04 Å². The standard InChI is InChI=1S/C12H22N4O2/c1-8(2)14-12(5,11(17)18-6)7-16-10(4)13-9(3)15-16/h8,14H,7H2,1-6H3. The second-order valence-corrected chi connectivity index (χ2v) is 4.99. The minimum absolute atomic E-state index is 0.166. The van der Waals surface area contributed by atoms with Gasteiger partial charge in [0.05, 0.1) is 13.7 Å². The van der Waals surface area contributed by atoms with Crippen LogP contribution in [0, 0.1) is 13.8 Å². The first-order chi connectivity index (χ1) is 8.28. The number of aromatic nitrogens is 3. The molecule has 1 aromatic heterocycles. The molecule has 0 aliphatic carbocycles. The average Bonchev–Trinajstić information content (AvgIpc) is 2.54. The maximum Gasteiger partial charge on any atom is 0.327 e. The zero-order valence-electron chi connectivity index (χ0n) is 11.9. The molecule has 0 aliphatic rings. The number of methoxy groups -OCH3 is 1. The molecule has 18 heavy (non-hydrogen) atoms. The van der Waals surface area contributed by atoms with E-state index >= 15 is 0 Å². The molecule has 1 rings (SSSR count). The fourth-order valence-corrected chi connectivity index (χ4v) is 2.04. The lowest BCUT2D eigenvalue weighted by atomic mass is 10.0. The minimum atomic E-state index is -0.812. The Morgan fingerprint density at radius 2 is 2.11 bits per heavy atom. The summed E-state index contributed by atoms with van der Waals surface area (Å²) in [6, 6.07) is 0.166. The molecule has 0 saturated carbocycles. The van der Waals surface area contributed by atoms with E-state index in [4.69, 9.17) is 4.74 Å². The summed E-state index contributed by atoms with van der Waals surface area (Å²) in [4.78, 5) is 16.2. The average molecular weight is 254 g/mol. The van der Waals surface area contributed by atoms with E-state index in [9.17, 15) is 4.79 Å². The topological polar surface area (TPSA) is 69.0 Å². The Morgan fingerprint density at radius 1 is 1.50 bits per heavy atom. The van der Waals surface area contributed by atoms with Crippen molar-refractivity contribution in [3.8, 4) is 0 Å². The maximum absolute atomic E-state index is 11.9. The van der Waals surface area contributed by atoms with Crippen LogP contribution in [0.15, 0.2) is 0 Å². The number of aryl methyl sites for hydroxylation is 2. The van der Waals surface area contributed by atoms with E-state index in [1.54, 1.807) is 4.68 Å². The molecule has 0 aliphatic heterocycles. The summed E-state index contributed by atoms with van der Waals surface area (Å²) in [6.07, 6.45) is 0. The number of nitrogens with one attached hydrogen (secondary N) is 1. The van der Waals surface area contributed by atoms with E-state index in [0.29, 0.717) is 12.4 Å². The quantitative estimate of drug-likeness (QED) is 0.788. The van der Waals surface area contributed by atoms with Crippen molar-refractivity contribution in [1.29, 1.82) is 0 Å². The fourth-order valence-electron chi connectivity index (χ4n) is 2.04. The number of carbonyl (C=O) groups is 1. The molecule has 6 heteroatoms. The molecular weight excluding hydrogens is 232 g/mol. The first-order valence-corrected chi connectivity index (χ1v) is 6.02. The second-order valence-electron chi connectivity index (χ2n) is 4.99. The van der Waals surface area contributed by atoms with Crippen molar-refractivity contribution in [2.45, 2.75) is 52.7 Å². The van der Waals surface area contributed by atoms with Gasteiger partial charge in [0.1, 0.15) is 17.2 Å². The Labute approximate surface area is 108 Å². The Balaban J connectivity index is 2.98. The molecule has 0 aromatic carbocycles. The van der Waals surface area contributed by atoms with Crippen molar-refractivity contribution in [3.63, 3.8) is 0 Å². The van der Waals surface area contributed by atoms with Crippen molar-refractivity contribution >= 4 is 5.97 Å². The zero-order valence-corrected chi connectivity index (χ0v) is 11.9. The number of nitrogens with zero attached hydrogens (tertiary/aromatic N) is 3. The predicted octanol–water partition coefficient (Wildman–Crippen LogP) is 0.825. The van der Waals surface area contributed by atoms with Gasteiger partial charge in [-0.2, -0.15) is 5.10 Å². The molecule has 1 atom stereocenters. The highest BCUT2D eigenvalue weighted by molar-refractivity contribution is 5.80. The van der Waals surface area contributed by atoms with E-state index in [1.807, 2.05) is 34.6 Å². The van der Waals surface area contributed by atoms with Gasteiger partial charge in [-0.05, 0) is 34.6 Å². The number of rotatable bonds is 5. The Bertz CT molecular complexity index is 428. The van der Waals surface area contributed by atoms with E-state index in [1.165, 1.54) is 7.11 Å². The molecule has 0 spiro atoms. The van der Waals surface area contributed by atoms with Gasteiger partial charge in [-0.1, -0.05) is 0 Å². The normalized spacial score (nSPS) is 14.6. The number of hydrogen-bond acceptors (Lipinski definition) is 5. The minimum Gasteiger partial charge on any atom is -0.468 e. The molecule has 1 N–H and O–H groups in total. The predicted molar refractivity (Wildman–Crippen MR) is 68.2 cm³/mol. The summed E-state index contributed by atoms with van der Waals surface area (Å²) < 4.78 is 6.60. The van der Waals surface area contributed by atoms with Crippen LogP contribution in [0.4, 0.5) is 0 Å². The lowest BCUT2D eigenvalue weighted by Crippen LogP contribution is -2.55. The monoisotopic (exact) mass is 254 g/mol. The highest BCUT2D eigenvalue weighted by Crippen LogP contribution is 2.12. The molecule has 0 fully saturated rings. The lowest BCUT2D eigenvalue weighted by molar-refractivity contribution is -0.149. The molecule has 102 valence electrons. The van der Waals surface area contributed by atoms with Crippen LogP contribution in [0.5, 0.6) is 0 Å². The molecule has 0 bridgehead atoms. The van der Waals surface area contributed by atoms with Crippen LogP contribution in [0.2, 0.25) is 0 Å². The van der Waals surface area contributed by atoms with Crippen molar-refractivity contribution in [1.82, 2.24) is 20.1 Å². The van der Waals surface area contributed by atoms with Gasteiger partial charge >= 0.3 is 5.97 Å². The Hall–Kier alpha value is -1.43. The van der Waals surface area contributed by atoms with Gasteiger partial charge in [0.15, 0.2) is 0 Å². The van der Waals surface area contributed by atoms with Gasteiger partial charge in [-0.3, -0.25) is 5.32 Å². The van der Waals surface area contributed by atoms with Crippen molar-refractivity contribution in [3.05, 3.63) is 11.6 Å². The maximum atomic E-state index is 11.9. The highest BCUT2D eigenvalue weighted by Gasteiger charge is 2.36. The van der Waals surface area contributed by atoms with Crippen LogP contribution in [0.3, 0.4) is 0 Å². The second kappa shape index (κ2) is 5.48. The smallest absolute Gasteiger partial charge is 0.327 e. The summed E-state index contributed by atoms with van der Waals surface area (Å²) in [5, 5.41) is 7.51. The lowest BCUT2D eigenvalue weighted by Gasteiger charge is -2.30. The molecule has 0 saturated heterocycles. The van der Waals surface area contributed by atoms with Gasteiger partial charge in [0.25, 0.3) is 0 Å². The summed E-state index contributed by atoms with van der Waals surface area (Å²) in [5.74, 6) is 1.18. The number of esters is 1. The van der Waals surface area contributed by atoms with Crippen LogP contribution in [-0.2, 0) is 16.1 Å². The van der Waals surface area contributed by atoms with Crippen LogP contribution >= 0.6 is 0 Å². The fraction of sp³-hybridized carbons (Fsp3) is 0.750. The number of ether oxygens (including phenoxy) is 1. The summed E-state index contributed by atoms with van der Waals surface area (Å²) >= 11 is 0. The zero-order chi connectivity index (χ0) is 13.9. The van der Waals surface area contributed by atoms with Gasteiger partial charge in [-0.15, -0.1) is 0 Å². The van der Waals surface area contributed by atoms with E-state index in [0.717, 1.165) is 5.82 Å². The molecule has 6 nitrogen and oxygen atoms in total. The summed E-state index contributed by atoms with van der Waals surface area (Å²) in [5.41, 5.74) is -0.812. The van der Waals surface area contributed by atoms with E-state index < -0.39 is 5.54 Å². The van der Waals surface area contributed by atoms with Crippen LogP contribution in [-0.4, -0.2) is 39.4 Å². The third-order valence-corrected chi connectivity index (χ3v) is 2.67. The largest absolute Gasteiger partial charge is 0.468 e. The Morgan fingerprint density at radius 3 is 2.50 bits per heavy atom. The van der Waals surface area contributed by atoms with E-state index in [2.05, 4.69) is 15.4 Å². The highest BCUT2D eigenvalue weighted by atomic mass is 16.5. The van der Waals surface area contributed by atoms with Gasteiger partial charge in [0.2, 0.25) is 0 Å². The first-order valence-electron chi connectivity index (χ1n) is 6.02. The Kier molecular flexibility index (Phi) is 4.45. The molecule has 0 amide bonds. The number of carbonyl (C=O) groups excluding carboxylic acids is 1. The molecule has 1 unspecified atom stereocenters. The first kappa shape index (κ1) is 14.6. The summed E-state index contributed by atoms with van der Waals surface area (Å²) in [6.45, 7) is 9.88.